The summed E-state index contributed by atoms with van der Waals surface area (Å²) in [5, 5.41) is 9.66. The topological polar surface area (TPSA) is 81.7 Å². The van der Waals surface area contributed by atoms with Crippen molar-refractivity contribution in [2.45, 2.75) is 17.1 Å². The van der Waals surface area contributed by atoms with Crippen LogP contribution in [0, 0.1) is 6.92 Å². The average molecular weight is 236 g/mol. The number of hydrazine groups is 1. The van der Waals surface area contributed by atoms with E-state index >= 15 is 0 Å². The molecule has 2 rings (SSSR count). The lowest BCUT2D eigenvalue weighted by atomic mass is 10.5. The zero-order chi connectivity index (χ0) is 11.5. The molecule has 0 spiro atoms. The molecule has 0 unspecified atom stereocenters. The highest BCUT2D eigenvalue weighted by Crippen LogP contribution is 2.24. The average Bonchev–Trinajstić information content (AvgIpc) is 2.61. The monoisotopic (exact) mass is 236 g/mol. The van der Waals surface area contributed by atoms with Gasteiger partial charge in [-0.15, -0.1) is 10.2 Å². The lowest BCUT2D eigenvalue weighted by Gasteiger charge is -2.03. The summed E-state index contributed by atoms with van der Waals surface area (Å²) in [6, 6.07) is 5.58. The van der Waals surface area contributed by atoms with Crippen LogP contribution in [-0.2, 0) is 7.05 Å². The Bertz CT molecular complexity index is 494. The van der Waals surface area contributed by atoms with E-state index in [2.05, 4.69) is 20.6 Å². The molecular formula is C9H12N6S. The van der Waals surface area contributed by atoms with E-state index in [1.165, 1.54) is 11.8 Å². The third kappa shape index (κ3) is 2.15. The quantitative estimate of drug-likeness (QED) is 0.610. The summed E-state index contributed by atoms with van der Waals surface area (Å²) in [6.45, 7) is 1.91. The second-order valence-corrected chi connectivity index (χ2v) is 4.18. The third-order valence-corrected chi connectivity index (χ3v) is 3.09. The minimum absolute atomic E-state index is 0.629. The maximum absolute atomic E-state index is 5.29. The highest BCUT2D eigenvalue weighted by Gasteiger charge is 2.07. The minimum Gasteiger partial charge on any atom is -0.309 e. The number of pyridine rings is 1. The molecule has 0 aliphatic heterocycles. The van der Waals surface area contributed by atoms with Crippen molar-refractivity contribution in [2.24, 2.45) is 12.9 Å². The van der Waals surface area contributed by atoms with Crippen LogP contribution in [0.1, 0.15) is 5.82 Å². The lowest BCUT2D eigenvalue weighted by Crippen LogP contribution is -2.08. The van der Waals surface area contributed by atoms with Crippen LogP contribution in [-0.4, -0.2) is 19.7 Å². The van der Waals surface area contributed by atoms with E-state index in [1.807, 2.05) is 30.7 Å². The van der Waals surface area contributed by atoms with Crippen LogP contribution < -0.4 is 11.3 Å². The molecule has 0 radical (unpaired) electrons. The maximum atomic E-state index is 5.29. The summed E-state index contributed by atoms with van der Waals surface area (Å²) >= 11 is 1.45. The minimum atomic E-state index is 0.629. The molecule has 16 heavy (non-hydrogen) atoms. The fourth-order valence-electron chi connectivity index (χ4n) is 1.12. The van der Waals surface area contributed by atoms with Crippen molar-refractivity contribution in [3.63, 3.8) is 0 Å². The molecule has 0 aliphatic carbocycles. The Morgan fingerprint density at radius 3 is 2.81 bits per heavy atom. The zero-order valence-corrected chi connectivity index (χ0v) is 9.82. The van der Waals surface area contributed by atoms with Gasteiger partial charge in [0.05, 0.1) is 0 Å². The standard InChI is InChI=1S/C9H12N6S/c1-6-13-14-9(15(6)2)16-8-5-3-4-7(11-8)12-10/h3-5H,10H2,1-2H3,(H,11,12). The van der Waals surface area contributed by atoms with Gasteiger partial charge in [0, 0.05) is 7.05 Å². The van der Waals surface area contributed by atoms with Gasteiger partial charge in [-0.25, -0.2) is 10.8 Å². The van der Waals surface area contributed by atoms with Crippen LogP contribution in [0.3, 0.4) is 0 Å². The van der Waals surface area contributed by atoms with Crippen LogP contribution in [0.15, 0.2) is 28.4 Å². The largest absolute Gasteiger partial charge is 0.309 e. The van der Waals surface area contributed by atoms with E-state index in [0.29, 0.717) is 5.82 Å². The Morgan fingerprint density at radius 2 is 2.19 bits per heavy atom. The zero-order valence-electron chi connectivity index (χ0n) is 9.01. The van der Waals surface area contributed by atoms with E-state index in [9.17, 15) is 0 Å². The van der Waals surface area contributed by atoms with Gasteiger partial charge in [0.15, 0.2) is 5.16 Å². The normalized spacial score (nSPS) is 10.4. The highest BCUT2D eigenvalue weighted by molar-refractivity contribution is 7.99. The molecule has 0 saturated carbocycles. The van der Waals surface area contributed by atoms with Gasteiger partial charge < -0.3 is 9.99 Å². The number of nitrogens with two attached hydrogens (primary N) is 1. The summed E-state index contributed by atoms with van der Waals surface area (Å²) in [7, 11) is 1.92. The number of rotatable bonds is 3. The van der Waals surface area contributed by atoms with Crippen molar-refractivity contribution in [3.05, 3.63) is 24.0 Å². The molecular weight excluding hydrogens is 224 g/mol. The van der Waals surface area contributed by atoms with Crippen LogP contribution in [0.5, 0.6) is 0 Å². The summed E-state index contributed by atoms with van der Waals surface area (Å²) in [5.74, 6) is 6.79. The fraction of sp³-hybridized carbons (Fsp3) is 0.222. The summed E-state index contributed by atoms with van der Waals surface area (Å²) < 4.78 is 1.91. The lowest BCUT2D eigenvalue weighted by molar-refractivity contribution is 0.764. The first-order chi connectivity index (χ1) is 7.70. The van der Waals surface area contributed by atoms with Gasteiger partial charge in [-0.3, -0.25) is 0 Å². The summed E-state index contributed by atoms with van der Waals surface area (Å²) in [6.07, 6.45) is 0. The number of hydrogen-bond acceptors (Lipinski definition) is 6. The molecule has 7 heteroatoms. The molecule has 2 aromatic heterocycles. The Kier molecular flexibility index (Phi) is 3.07. The fourth-order valence-corrected chi connectivity index (χ4v) is 1.95. The molecule has 0 aromatic carbocycles. The van der Waals surface area contributed by atoms with E-state index in [4.69, 9.17) is 5.84 Å². The maximum Gasteiger partial charge on any atom is 0.197 e. The number of nitrogen functional groups attached to an aromatic ring is 1. The van der Waals surface area contributed by atoms with Crippen LogP contribution in [0.2, 0.25) is 0 Å². The number of nitrogens with one attached hydrogen (secondary N) is 1. The van der Waals surface area contributed by atoms with E-state index < -0.39 is 0 Å². The SMILES string of the molecule is Cc1nnc(Sc2cccc(NN)n2)n1C. The second kappa shape index (κ2) is 4.50. The Balaban J connectivity index is 2.23. The van der Waals surface area contributed by atoms with Gasteiger partial charge in [-0.1, -0.05) is 6.07 Å². The van der Waals surface area contributed by atoms with Crippen LogP contribution in [0.4, 0.5) is 5.82 Å². The number of nitrogens with zero attached hydrogens (tertiary/aromatic N) is 4. The van der Waals surface area contributed by atoms with Gasteiger partial charge in [-0.2, -0.15) is 0 Å². The van der Waals surface area contributed by atoms with Gasteiger partial charge in [-0.05, 0) is 30.8 Å². The molecule has 0 bridgehead atoms. The molecule has 0 saturated heterocycles. The first-order valence-electron chi connectivity index (χ1n) is 4.68. The van der Waals surface area contributed by atoms with E-state index in [1.54, 1.807) is 6.07 Å². The molecule has 6 nitrogen and oxygen atoms in total. The van der Waals surface area contributed by atoms with Crippen molar-refractivity contribution in [1.29, 1.82) is 0 Å². The molecule has 0 atom stereocenters. The predicted octanol–water partition coefficient (Wildman–Crippen LogP) is 0.955. The first-order valence-corrected chi connectivity index (χ1v) is 5.50. The number of anilines is 1. The number of aromatic nitrogens is 4. The van der Waals surface area contributed by atoms with Gasteiger partial charge in [0.2, 0.25) is 0 Å². The van der Waals surface area contributed by atoms with Gasteiger partial charge in [0.25, 0.3) is 0 Å². The first kappa shape index (κ1) is 10.9. The third-order valence-electron chi connectivity index (χ3n) is 2.12. The molecule has 0 amide bonds. The number of aryl methyl sites for hydroxylation is 1. The second-order valence-electron chi connectivity index (χ2n) is 3.20. The predicted molar refractivity (Wildman–Crippen MR) is 61.9 cm³/mol. The van der Waals surface area contributed by atoms with Crippen molar-refractivity contribution in [3.8, 4) is 0 Å². The summed E-state index contributed by atoms with van der Waals surface area (Å²) in [4.78, 5) is 4.28. The molecule has 84 valence electrons. The van der Waals surface area contributed by atoms with Crippen molar-refractivity contribution in [1.82, 2.24) is 19.7 Å². The van der Waals surface area contributed by atoms with E-state index in [-0.39, 0.29) is 0 Å². The van der Waals surface area contributed by atoms with Gasteiger partial charge in [0.1, 0.15) is 16.7 Å². The van der Waals surface area contributed by atoms with Crippen LogP contribution in [0.25, 0.3) is 0 Å². The molecule has 0 fully saturated rings. The van der Waals surface area contributed by atoms with Crippen molar-refractivity contribution < 1.29 is 0 Å². The molecule has 2 aromatic rings. The Morgan fingerprint density at radius 1 is 1.38 bits per heavy atom. The van der Waals surface area contributed by atoms with Crippen LogP contribution >= 0.6 is 11.8 Å². The number of hydrogen-bond donors (Lipinski definition) is 2. The van der Waals surface area contributed by atoms with E-state index in [0.717, 1.165) is 16.0 Å². The Labute approximate surface area is 97.2 Å². The smallest absolute Gasteiger partial charge is 0.197 e. The molecule has 3 N–H and O–H groups in total. The molecule has 2 heterocycles. The highest BCUT2D eigenvalue weighted by atomic mass is 32.2. The van der Waals surface area contributed by atoms with Gasteiger partial charge >= 0.3 is 0 Å². The van der Waals surface area contributed by atoms with Crippen molar-refractivity contribution >= 4 is 17.6 Å². The summed E-state index contributed by atoms with van der Waals surface area (Å²) in [5.41, 5.74) is 2.51. The van der Waals surface area contributed by atoms with Crippen molar-refractivity contribution in [2.75, 3.05) is 5.43 Å². The Hall–Kier alpha value is -1.60. The molecule has 0 aliphatic rings.